The molecule has 122 valence electrons. The normalized spacial score (nSPS) is 24.5. The molecule has 3 rings (SSSR count). The third-order valence-corrected chi connectivity index (χ3v) is 6.25. The van der Waals surface area contributed by atoms with Gasteiger partial charge in [0.2, 0.25) is 5.95 Å². The number of nitrogens with one attached hydrogen (secondary N) is 1. The Labute approximate surface area is 131 Å². The van der Waals surface area contributed by atoms with Gasteiger partial charge in [-0.2, -0.15) is 10.1 Å². The number of rotatable bonds is 5. The van der Waals surface area contributed by atoms with E-state index >= 15 is 0 Å². The number of anilines is 2. The second-order valence-corrected chi connectivity index (χ2v) is 8.34. The lowest BCUT2D eigenvalue weighted by Crippen LogP contribution is -2.37. The zero-order valence-electron chi connectivity index (χ0n) is 12.9. The Balaban J connectivity index is 1.74. The van der Waals surface area contributed by atoms with Crippen LogP contribution in [0.5, 0.6) is 0 Å². The molecule has 1 aromatic rings. The summed E-state index contributed by atoms with van der Waals surface area (Å²) in [4.78, 5) is 6.50. The summed E-state index contributed by atoms with van der Waals surface area (Å²) in [5.41, 5.74) is 0. The molecule has 1 N–H and O–H groups in total. The molecule has 7 nitrogen and oxygen atoms in total. The van der Waals surface area contributed by atoms with Crippen LogP contribution >= 0.6 is 0 Å². The van der Waals surface area contributed by atoms with E-state index in [0.717, 1.165) is 18.7 Å². The van der Waals surface area contributed by atoms with Gasteiger partial charge in [-0.05, 0) is 26.2 Å². The summed E-state index contributed by atoms with van der Waals surface area (Å²) in [6.45, 7) is 2.67. The van der Waals surface area contributed by atoms with E-state index in [2.05, 4.69) is 20.5 Å². The van der Waals surface area contributed by atoms with Crippen LogP contribution in [0.2, 0.25) is 0 Å². The minimum Gasteiger partial charge on any atom is -0.366 e. The third kappa shape index (κ3) is 3.48. The zero-order chi connectivity index (χ0) is 15.6. The molecular formula is C14H23N5O2S. The van der Waals surface area contributed by atoms with Crippen molar-refractivity contribution in [2.24, 2.45) is 0 Å². The van der Waals surface area contributed by atoms with Crippen LogP contribution in [0.3, 0.4) is 0 Å². The highest BCUT2D eigenvalue weighted by Crippen LogP contribution is 2.24. The molecule has 1 saturated heterocycles. The maximum atomic E-state index is 11.7. The van der Waals surface area contributed by atoms with Crippen LogP contribution in [-0.2, 0) is 9.84 Å². The minimum absolute atomic E-state index is 0.0430. The molecule has 0 radical (unpaired) electrons. The van der Waals surface area contributed by atoms with Crippen LogP contribution in [-0.4, -0.2) is 53.7 Å². The van der Waals surface area contributed by atoms with Crippen LogP contribution in [0.4, 0.5) is 11.8 Å². The van der Waals surface area contributed by atoms with Crippen molar-refractivity contribution in [3.63, 3.8) is 0 Å². The number of aromatic nitrogens is 3. The van der Waals surface area contributed by atoms with Gasteiger partial charge in [0.15, 0.2) is 15.7 Å². The van der Waals surface area contributed by atoms with E-state index in [9.17, 15) is 8.42 Å². The van der Waals surface area contributed by atoms with Crippen LogP contribution in [0.15, 0.2) is 6.20 Å². The molecule has 2 aliphatic rings. The number of hydrogen-bond donors (Lipinski definition) is 1. The van der Waals surface area contributed by atoms with Gasteiger partial charge in [-0.15, -0.1) is 5.10 Å². The first-order chi connectivity index (χ1) is 10.6. The molecule has 1 aliphatic carbocycles. The second kappa shape index (κ2) is 6.36. The van der Waals surface area contributed by atoms with E-state index in [4.69, 9.17) is 0 Å². The first-order valence-corrected chi connectivity index (χ1v) is 9.83. The quantitative estimate of drug-likeness (QED) is 0.871. The fourth-order valence-electron chi connectivity index (χ4n) is 3.35. The van der Waals surface area contributed by atoms with Gasteiger partial charge in [-0.25, -0.2) is 8.42 Å². The van der Waals surface area contributed by atoms with Crippen molar-refractivity contribution in [3.05, 3.63) is 6.20 Å². The SMILES string of the molecule is CCN(c1nncc(NC2CCCC2)n1)C1CCS(=O)(=O)C1. The van der Waals surface area contributed by atoms with Crippen molar-refractivity contribution in [2.45, 2.75) is 51.1 Å². The van der Waals surface area contributed by atoms with Crippen LogP contribution in [0.25, 0.3) is 0 Å². The second-order valence-electron chi connectivity index (χ2n) is 6.11. The number of nitrogens with zero attached hydrogens (tertiary/aromatic N) is 4. The van der Waals surface area contributed by atoms with E-state index in [-0.39, 0.29) is 17.5 Å². The Hall–Kier alpha value is -1.44. The summed E-state index contributed by atoms with van der Waals surface area (Å²) in [5, 5.41) is 11.6. The molecule has 2 fully saturated rings. The summed E-state index contributed by atoms with van der Waals surface area (Å²) in [6.07, 6.45) is 7.12. The molecule has 0 spiro atoms. The number of sulfone groups is 1. The fraction of sp³-hybridized carbons (Fsp3) is 0.786. The van der Waals surface area contributed by atoms with Crippen molar-refractivity contribution in [3.8, 4) is 0 Å². The summed E-state index contributed by atoms with van der Waals surface area (Å²) < 4.78 is 23.4. The van der Waals surface area contributed by atoms with Gasteiger partial charge < -0.3 is 10.2 Å². The first-order valence-electron chi connectivity index (χ1n) is 8.01. The molecule has 1 saturated carbocycles. The third-order valence-electron chi connectivity index (χ3n) is 4.50. The van der Waals surface area contributed by atoms with Gasteiger partial charge in [0.05, 0.1) is 17.7 Å². The summed E-state index contributed by atoms with van der Waals surface area (Å²) in [6, 6.07) is 0.421. The molecule has 0 amide bonds. The van der Waals surface area contributed by atoms with Gasteiger partial charge in [-0.3, -0.25) is 0 Å². The Morgan fingerprint density at radius 1 is 1.32 bits per heavy atom. The molecule has 0 aromatic carbocycles. The van der Waals surface area contributed by atoms with Crippen molar-refractivity contribution in [1.29, 1.82) is 0 Å². The monoisotopic (exact) mass is 325 g/mol. The fourth-order valence-corrected chi connectivity index (χ4v) is 5.08. The molecule has 22 heavy (non-hydrogen) atoms. The average molecular weight is 325 g/mol. The molecule has 8 heteroatoms. The van der Waals surface area contributed by atoms with E-state index in [1.807, 2.05) is 11.8 Å². The molecule has 1 unspecified atom stereocenters. The molecule has 1 atom stereocenters. The average Bonchev–Trinajstić information content (AvgIpc) is 3.10. The molecule has 2 heterocycles. The summed E-state index contributed by atoms with van der Waals surface area (Å²) >= 11 is 0. The zero-order valence-corrected chi connectivity index (χ0v) is 13.7. The first kappa shape index (κ1) is 15.5. The Morgan fingerprint density at radius 2 is 2.09 bits per heavy atom. The molecule has 1 aromatic heterocycles. The Bertz CT molecular complexity index is 615. The lowest BCUT2D eigenvalue weighted by Gasteiger charge is -2.26. The van der Waals surface area contributed by atoms with Crippen LogP contribution in [0, 0.1) is 0 Å². The predicted molar refractivity (Wildman–Crippen MR) is 85.8 cm³/mol. The molecule has 0 bridgehead atoms. The van der Waals surface area contributed by atoms with Crippen LogP contribution in [0.1, 0.15) is 39.0 Å². The van der Waals surface area contributed by atoms with E-state index in [1.165, 1.54) is 12.8 Å². The highest BCUT2D eigenvalue weighted by atomic mass is 32.2. The smallest absolute Gasteiger partial charge is 0.247 e. The van der Waals surface area contributed by atoms with E-state index < -0.39 is 9.84 Å². The highest BCUT2D eigenvalue weighted by Gasteiger charge is 2.33. The van der Waals surface area contributed by atoms with E-state index in [1.54, 1.807) is 6.20 Å². The maximum Gasteiger partial charge on any atom is 0.247 e. The lowest BCUT2D eigenvalue weighted by molar-refractivity contribution is 0.598. The van der Waals surface area contributed by atoms with Crippen molar-refractivity contribution >= 4 is 21.6 Å². The standard InChI is InChI=1S/C14H23N5O2S/c1-2-19(12-7-8-22(20,21)10-12)14-17-13(9-15-18-14)16-11-5-3-4-6-11/h9,11-12H,2-8,10H2,1H3,(H,16,17,18). The Morgan fingerprint density at radius 3 is 2.73 bits per heavy atom. The van der Waals surface area contributed by atoms with Crippen LogP contribution < -0.4 is 10.2 Å². The van der Waals surface area contributed by atoms with E-state index in [0.29, 0.717) is 25.0 Å². The van der Waals surface area contributed by atoms with Gasteiger partial charge in [0.1, 0.15) is 0 Å². The topological polar surface area (TPSA) is 88.1 Å². The van der Waals surface area contributed by atoms with Gasteiger partial charge in [0.25, 0.3) is 0 Å². The van der Waals surface area contributed by atoms with Gasteiger partial charge in [-0.1, -0.05) is 12.8 Å². The molecule has 1 aliphatic heterocycles. The summed E-state index contributed by atoms with van der Waals surface area (Å²) in [5.74, 6) is 1.69. The number of hydrogen-bond acceptors (Lipinski definition) is 7. The maximum absolute atomic E-state index is 11.7. The molecular weight excluding hydrogens is 302 g/mol. The van der Waals surface area contributed by atoms with Gasteiger partial charge >= 0.3 is 0 Å². The highest BCUT2D eigenvalue weighted by molar-refractivity contribution is 7.91. The largest absolute Gasteiger partial charge is 0.366 e. The lowest BCUT2D eigenvalue weighted by atomic mass is 10.2. The Kier molecular flexibility index (Phi) is 4.46. The minimum atomic E-state index is -2.92. The van der Waals surface area contributed by atoms with Crippen molar-refractivity contribution in [2.75, 3.05) is 28.3 Å². The van der Waals surface area contributed by atoms with Gasteiger partial charge in [0, 0.05) is 18.6 Å². The van der Waals surface area contributed by atoms with Crippen molar-refractivity contribution in [1.82, 2.24) is 15.2 Å². The summed E-state index contributed by atoms with van der Waals surface area (Å²) in [7, 11) is -2.92. The predicted octanol–water partition coefficient (Wildman–Crippen LogP) is 1.24. The van der Waals surface area contributed by atoms with Crippen molar-refractivity contribution < 1.29 is 8.42 Å².